The van der Waals surface area contributed by atoms with Crippen LogP contribution in [0.1, 0.15) is 17.0 Å². The molecule has 2 aromatic rings. The number of aromatic nitrogens is 2. The topological polar surface area (TPSA) is 41.9 Å². The Morgan fingerprint density at radius 3 is 2.50 bits per heavy atom. The van der Waals surface area contributed by atoms with E-state index in [0.29, 0.717) is 11.7 Å². The normalized spacial score (nSPS) is 10.4. The van der Waals surface area contributed by atoms with E-state index in [0.717, 1.165) is 21.5 Å². The number of rotatable bonds is 3. The van der Waals surface area contributed by atoms with Crippen LogP contribution in [0, 0.1) is 13.8 Å². The van der Waals surface area contributed by atoms with E-state index in [1.807, 2.05) is 42.9 Å². The van der Waals surface area contributed by atoms with Gasteiger partial charge in [-0.15, -0.1) is 0 Å². The van der Waals surface area contributed by atoms with Crippen LogP contribution in [0.4, 0.5) is 5.69 Å². The lowest BCUT2D eigenvalue weighted by Crippen LogP contribution is -2.28. The van der Waals surface area contributed by atoms with E-state index < -0.39 is 0 Å². The number of nitrogens with zero attached hydrogens (tertiary/aromatic N) is 2. The van der Waals surface area contributed by atoms with Gasteiger partial charge in [0.1, 0.15) is 0 Å². The molecule has 2 rings (SSSR count). The SMILES string of the molecule is Cc1nn(C)c(C)c1CNC(=S)Nc1ccc(Br)cc1. The minimum Gasteiger partial charge on any atom is -0.358 e. The zero-order valence-electron chi connectivity index (χ0n) is 11.7. The molecule has 20 heavy (non-hydrogen) atoms. The Hall–Kier alpha value is -1.40. The van der Waals surface area contributed by atoms with Gasteiger partial charge >= 0.3 is 0 Å². The summed E-state index contributed by atoms with van der Waals surface area (Å²) in [4.78, 5) is 0. The van der Waals surface area contributed by atoms with Crippen molar-refractivity contribution in [2.45, 2.75) is 20.4 Å². The molecule has 0 radical (unpaired) electrons. The van der Waals surface area contributed by atoms with Crippen LogP contribution in [-0.4, -0.2) is 14.9 Å². The highest BCUT2D eigenvalue weighted by atomic mass is 79.9. The molecule has 1 aromatic heterocycles. The van der Waals surface area contributed by atoms with Gasteiger partial charge in [0.2, 0.25) is 0 Å². The summed E-state index contributed by atoms with van der Waals surface area (Å²) in [5.74, 6) is 0. The molecule has 0 fully saturated rings. The molecular weight excluding hydrogens is 336 g/mol. The number of nitrogens with one attached hydrogen (secondary N) is 2. The summed E-state index contributed by atoms with van der Waals surface area (Å²) in [6.07, 6.45) is 0. The molecule has 106 valence electrons. The van der Waals surface area contributed by atoms with Gasteiger partial charge in [0.15, 0.2) is 5.11 Å². The molecule has 0 amide bonds. The van der Waals surface area contributed by atoms with E-state index in [4.69, 9.17) is 12.2 Å². The summed E-state index contributed by atoms with van der Waals surface area (Å²) in [6, 6.07) is 7.89. The third-order valence-corrected chi connectivity index (χ3v) is 3.96. The number of hydrogen-bond donors (Lipinski definition) is 2. The Labute approximate surface area is 132 Å². The first-order valence-corrected chi connectivity index (χ1v) is 7.47. The standard InChI is InChI=1S/C14H17BrN4S/c1-9-13(10(2)19(3)18-9)8-16-14(20)17-12-6-4-11(15)5-7-12/h4-7H,8H2,1-3H3,(H2,16,17,20). The third kappa shape index (κ3) is 3.58. The molecule has 0 atom stereocenters. The molecule has 0 aliphatic heterocycles. The summed E-state index contributed by atoms with van der Waals surface area (Å²) in [6.45, 7) is 4.74. The molecule has 1 aromatic carbocycles. The Kier molecular flexibility index (Phi) is 4.77. The summed E-state index contributed by atoms with van der Waals surface area (Å²) in [5.41, 5.74) is 4.34. The van der Waals surface area contributed by atoms with Gasteiger partial charge in [0, 0.05) is 35.0 Å². The second-order valence-corrected chi connectivity index (χ2v) is 5.91. The van der Waals surface area contributed by atoms with Crippen LogP contribution >= 0.6 is 28.1 Å². The highest BCUT2D eigenvalue weighted by Gasteiger charge is 2.09. The van der Waals surface area contributed by atoms with Gasteiger partial charge in [-0.05, 0) is 50.3 Å². The van der Waals surface area contributed by atoms with Crippen LogP contribution in [-0.2, 0) is 13.6 Å². The van der Waals surface area contributed by atoms with Crippen molar-refractivity contribution in [1.29, 1.82) is 0 Å². The van der Waals surface area contributed by atoms with Gasteiger partial charge in [-0.3, -0.25) is 4.68 Å². The molecule has 0 aliphatic carbocycles. The van der Waals surface area contributed by atoms with Crippen LogP contribution < -0.4 is 10.6 Å². The van der Waals surface area contributed by atoms with Crippen molar-refractivity contribution < 1.29 is 0 Å². The van der Waals surface area contributed by atoms with Gasteiger partial charge < -0.3 is 10.6 Å². The highest BCUT2D eigenvalue weighted by molar-refractivity contribution is 9.10. The molecule has 0 saturated carbocycles. The van der Waals surface area contributed by atoms with Crippen LogP contribution in [0.5, 0.6) is 0 Å². The smallest absolute Gasteiger partial charge is 0.171 e. The van der Waals surface area contributed by atoms with E-state index in [-0.39, 0.29) is 0 Å². The Bertz CT molecular complexity index is 619. The van der Waals surface area contributed by atoms with E-state index >= 15 is 0 Å². The zero-order valence-corrected chi connectivity index (χ0v) is 14.1. The fourth-order valence-corrected chi connectivity index (χ4v) is 2.40. The fourth-order valence-electron chi connectivity index (χ4n) is 1.95. The second kappa shape index (κ2) is 6.37. The van der Waals surface area contributed by atoms with Gasteiger partial charge in [0.25, 0.3) is 0 Å². The van der Waals surface area contributed by atoms with E-state index in [9.17, 15) is 0 Å². The largest absolute Gasteiger partial charge is 0.358 e. The number of halogens is 1. The van der Waals surface area contributed by atoms with Gasteiger partial charge in [0.05, 0.1) is 5.69 Å². The van der Waals surface area contributed by atoms with Crippen molar-refractivity contribution in [3.8, 4) is 0 Å². The Morgan fingerprint density at radius 2 is 1.95 bits per heavy atom. The Balaban J connectivity index is 1.94. The number of thiocarbonyl (C=S) groups is 1. The van der Waals surface area contributed by atoms with Gasteiger partial charge in [-0.25, -0.2) is 0 Å². The van der Waals surface area contributed by atoms with Crippen LogP contribution in [0.25, 0.3) is 0 Å². The minimum atomic E-state index is 0.606. The average Bonchev–Trinajstić information content (AvgIpc) is 2.64. The van der Waals surface area contributed by atoms with Crippen LogP contribution in [0.3, 0.4) is 0 Å². The molecule has 0 unspecified atom stereocenters. The summed E-state index contributed by atoms with van der Waals surface area (Å²) in [7, 11) is 1.95. The van der Waals surface area contributed by atoms with Crippen LogP contribution in [0.15, 0.2) is 28.7 Å². The first-order valence-electron chi connectivity index (χ1n) is 6.27. The van der Waals surface area contributed by atoms with Crippen molar-refractivity contribution in [2.75, 3.05) is 5.32 Å². The average molecular weight is 353 g/mol. The highest BCUT2D eigenvalue weighted by Crippen LogP contribution is 2.14. The van der Waals surface area contributed by atoms with E-state index in [1.165, 1.54) is 5.56 Å². The van der Waals surface area contributed by atoms with Crippen molar-refractivity contribution in [2.24, 2.45) is 7.05 Å². The molecule has 0 aliphatic rings. The van der Waals surface area contributed by atoms with Gasteiger partial charge in [-0.1, -0.05) is 15.9 Å². The maximum absolute atomic E-state index is 5.30. The predicted octanol–water partition coefficient (Wildman–Crippen LogP) is 3.29. The summed E-state index contributed by atoms with van der Waals surface area (Å²) >= 11 is 8.71. The van der Waals surface area contributed by atoms with Crippen LogP contribution in [0.2, 0.25) is 0 Å². The van der Waals surface area contributed by atoms with Crippen molar-refractivity contribution in [1.82, 2.24) is 15.1 Å². The molecular formula is C14H17BrN4S. The quantitative estimate of drug-likeness (QED) is 0.831. The number of aryl methyl sites for hydroxylation is 2. The predicted molar refractivity (Wildman–Crippen MR) is 89.9 cm³/mol. The lowest BCUT2D eigenvalue weighted by atomic mass is 10.2. The molecule has 6 heteroatoms. The maximum atomic E-state index is 5.30. The monoisotopic (exact) mass is 352 g/mol. The first kappa shape index (κ1) is 15.0. The lowest BCUT2D eigenvalue weighted by Gasteiger charge is -2.11. The minimum absolute atomic E-state index is 0.606. The van der Waals surface area contributed by atoms with E-state index in [1.54, 1.807) is 0 Å². The first-order chi connectivity index (χ1) is 9.47. The van der Waals surface area contributed by atoms with Crippen molar-refractivity contribution in [3.05, 3.63) is 45.7 Å². The number of anilines is 1. The summed E-state index contributed by atoms with van der Waals surface area (Å²) < 4.78 is 2.93. The lowest BCUT2D eigenvalue weighted by molar-refractivity contribution is 0.729. The maximum Gasteiger partial charge on any atom is 0.171 e. The van der Waals surface area contributed by atoms with Crippen molar-refractivity contribution >= 4 is 38.9 Å². The van der Waals surface area contributed by atoms with E-state index in [2.05, 4.69) is 38.6 Å². The zero-order chi connectivity index (χ0) is 14.7. The third-order valence-electron chi connectivity index (χ3n) is 3.19. The summed E-state index contributed by atoms with van der Waals surface area (Å²) in [5, 5.41) is 11.4. The van der Waals surface area contributed by atoms with Gasteiger partial charge in [-0.2, -0.15) is 5.10 Å². The molecule has 0 saturated heterocycles. The Morgan fingerprint density at radius 1 is 1.30 bits per heavy atom. The number of hydrogen-bond acceptors (Lipinski definition) is 2. The van der Waals surface area contributed by atoms with Crippen molar-refractivity contribution in [3.63, 3.8) is 0 Å². The molecule has 0 spiro atoms. The molecule has 0 bridgehead atoms. The number of benzene rings is 1. The molecule has 2 N–H and O–H groups in total. The molecule has 4 nitrogen and oxygen atoms in total. The second-order valence-electron chi connectivity index (χ2n) is 4.59. The fraction of sp³-hybridized carbons (Fsp3) is 0.286. The molecule has 1 heterocycles.